The van der Waals surface area contributed by atoms with Crippen molar-refractivity contribution in [3.8, 4) is 0 Å². The van der Waals surface area contributed by atoms with Crippen molar-refractivity contribution in [1.82, 2.24) is 29.8 Å². The number of ether oxygens (including phenoxy) is 1. The second kappa shape index (κ2) is 37.5. The smallest absolute Gasteiger partial charge is 0.602 e. The van der Waals surface area contributed by atoms with Crippen LogP contribution in [0.5, 0.6) is 0 Å². The number of carbonyl (C=O) groups excluding carboxylic acids is 6. The third-order valence-electron chi connectivity index (χ3n) is 6.01. The number of imide groups is 2. The van der Waals surface area contributed by atoms with Crippen LogP contribution in [0.4, 0.5) is 0 Å². The van der Waals surface area contributed by atoms with Crippen LogP contribution in [0.2, 0.25) is 0 Å². The molecule has 0 atom stereocenters. The number of nitrogens with zero attached hydrogens (tertiary/aromatic N) is 7. The van der Waals surface area contributed by atoms with Crippen molar-refractivity contribution >= 4 is 118 Å². The second-order valence-electron chi connectivity index (χ2n) is 10.2. The molecule has 1 N–H and O–H groups in total. The summed E-state index contributed by atoms with van der Waals surface area (Å²) >= 11 is 16.4. The molecule has 0 aromatic carbocycles. The van der Waals surface area contributed by atoms with Gasteiger partial charge in [0, 0.05) is 84.0 Å². The fourth-order valence-electron chi connectivity index (χ4n) is 3.44. The molecule has 0 saturated carbocycles. The molecule has 5 heterocycles. The summed E-state index contributed by atoms with van der Waals surface area (Å²) in [5.41, 5.74) is 3.73. The van der Waals surface area contributed by atoms with E-state index in [9.17, 15) is 19.2 Å². The zero-order valence-electron chi connectivity index (χ0n) is 31.9. The zero-order valence-corrected chi connectivity index (χ0v) is 41.8. The van der Waals surface area contributed by atoms with Crippen molar-refractivity contribution in [3.05, 3.63) is 148 Å². The number of aryl methyl sites for hydroxylation is 2. The summed E-state index contributed by atoms with van der Waals surface area (Å²) in [4.78, 5) is 80.3. The van der Waals surface area contributed by atoms with Gasteiger partial charge in [-0.05, 0) is 73.5 Å². The summed E-state index contributed by atoms with van der Waals surface area (Å²) in [6, 6.07) is 18.2. The normalized spacial score (nSPS) is 8.95. The minimum absolute atomic E-state index is 0. The Morgan fingerprint density at radius 1 is 0.661 bits per heavy atom. The number of rotatable bonds is 12. The van der Waals surface area contributed by atoms with E-state index >= 15 is 0 Å². The molecule has 0 fully saturated rings. The number of amides is 4. The van der Waals surface area contributed by atoms with Gasteiger partial charge in [0.2, 0.25) is 12.8 Å². The van der Waals surface area contributed by atoms with Gasteiger partial charge < -0.3 is 29.5 Å². The van der Waals surface area contributed by atoms with E-state index in [0.29, 0.717) is 36.3 Å². The number of carbonyl (C=O) groups is 6. The van der Waals surface area contributed by atoms with Crippen LogP contribution in [0.3, 0.4) is 0 Å². The van der Waals surface area contributed by atoms with Gasteiger partial charge in [-0.25, -0.2) is 9.78 Å². The molecule has 0 aliphatic rings. The molecular weight excluding hydrogens is 1100 g/mol. The van der Waals surface area contributed by atoms with Gasteiger partial charge in [0.1, 0.15) is 12.0 Å². The van der Waals surface area contributed by atoms with Gasteiger partial charge in [-0.3, -0.25) is 34.4 Å². The maximum absolute atomic E-state index is 10.9. The van der Waals surface area contributed by atoms with E-state index in [1.165, 1.54) is 13.3 Å². The van der Waals surface area contributed by atoms with Crippen LogP contribution >= 0.6 is 79.6 Å². The minimum Gasteiger partial charge on any atom is -0.602 e. The van der Waals surface area contributed by atoms with E-state index in [2.05, 4.69) is 122 Å². The van der Waals surface area contributed by atoms with E-state index in [0.717, 1.165) is 57.8 Å². The molecule has 0 aliphatic carbocycles. The quantitative estimate of drug-likeness (QED) is 0.0993. The Morgan fingerprint density at radius 3 is 1.42 bits per heavy atom. The molecule has 308 valence electrons. The Morgan fingerprint density at radius 2 is 1.07 bits per heavy atom. The largest absolute Gasteiger partial charge is 1.00 e. The molecule has 5 aromatic rings. The van der Waals surface area contributed by atoms with Crippen LogP contribution in [0, 0.1) is 0 Å². The van der Waals surface area contributed by atoms with Crippen LogP contribution in [-0.2, 0) is 54.7 Å². The molecule has 0 aliphatic heterocycles. The van der Waals surface area contributed by atoms with Crippen LogP contribution in [0.25, 0.3) is 5.32 Å². The van der Waals surface area contributed by atoms with Gasteiger partial charge in [-0.1, -0.05) is 86.6 Å². The molecule has 0 saturated heterocycles. The Balaban J connectivity index is 0. The van der Waals surface area contributed by atoms with Gasteiger partial charge in [-0.15, -0.1) is 0 Å². The Bertz CT molecular complexity index is 1930. The molecule has 5 aromatic heterocycles. The number of hydrogen-bond acceptors (Lipinski definition) is 13. The topological polar surface area (TPSA) is 214 Å². The maximum Gasteiger partial charge on any atom is 1.00 e. The van der Waals surface area contributed by atoms with E-state index < -0.39 is 5.97 Å². The Labute approximate surface area is 405 Å². The number of pyridine rings is 5. The van der Waals surface area contributed by atoms with Crippen LogP contribution in [0.1, 0.15) is 46.6 Å². The van der Waals surface area contributed by atoms with E-state index in [1.807, 2.05) is 36.5 Å². The molecular formula is C38H37Br5N7NaO8. The summed E-state index contributed by atoms with van der Waals surface area (Å²) in [6.45, 7) is 2.29. The number of aromatic nitrogens is 5. The van der Waals surface area contributed by atoms with Crippen molar-refractivity contribution in [2.45, 2.75) is 39.3 Å². The number of halogens is 5. The predicted octanol–water partition coefficient (Wildman–Crippen LogP) is 4.99. The monoisotopic (exact) mass is 1140 g/mol. The molecule has 15 nitrogen and oxygen atoms in total. The summed E-state index contributed by atoms with van der Waals surface area (Å²) in [5.74, 6) is -0.425. The first-order valence-electron chi connectivity index (χ1n) is 16.3. The van der Waals surface area contributed by atoms with E-state index in [4.69, 9.17) is 14.7 Å². The molecule has 0 bridgehead atoms. The Kier molecular flexibility index (Phi) is 36.6. The first kappa shape index (κ1) is 57.6. The van der Waals surface area contributed by atoms with Crippen LogP contribution < -0.4 is 29.6 Å². The average molecular weight is 1140 g/mol. The van der Waals surface area contributed by atoms with Crippen molar-refractivity contribution in [3.63, 3.8) is 0 Å². The fourth-order valence-corrected chi connectivity index (χ4v) is 5.30. The van der Waals surface area contributed by atoms with Crippen molar-refractivity contribution in [1.29, 1.82) is 0 Å². The molecule has 0 radical (unpaired) electrons. The standard InChI is InChI=1S/C8H7BrN2O2.C8H8BrNO.C7H6BrNO2.C7H8BrN.C6H6BrNO.C2H3NO2.Na/c9-7-1-2-10-8(3-7)4-11(5-12)6-13;9-7-3-4-10-8(6-7)2-1-5-11;1-11-7(10)6-4-5(8)2-3-9-6;1-2-7-5-6(8)3-4-9-7;7-5-1-2-8-6(3-5)4-9;4-1-3-2-5;/h1-3,5-6H,4H2;3-6H,1-2H2;2-4H,1H3;3-5H,2H2,1H3;1-3,9H,4H2;1-2H,(H,3,4,5);/q;;;;;;+1/p-1. The molecule has 59 heavy (non-hydrogen) atoms. The number of aliphatic hydroxyl groups is 1. The number of hydrogen-bond donors (Lipinski definition) is 1. The number of methoxy groups -OCH3 is 1. The first-order chi connectivity index (χ1) is 27.9. The van der Waals surface area contributed by atoms with E-state index in [-0.39, 0.29) is 55.5 Å². The van der Waals surface area contributed by atoms with Crippen molar-refractivity contribution in [2.75, 3.05) is 7.11 Å². The predicted molar refractivity (Wildman–Crippen MR) is 234 cm³/mol. The third-order valence-corrected chi connectivity index (χ3v) is 8.48. The molecule has 0 spiro atoms. The summed E-state index contributed by atoms with van der Waals surface area (Å²) in [6.07, 6.45) is 12.8. The van der Waals surface area contributed by atoms with Crippen molar-refractivity contribution in [2.24, 2.45) is 0 Å². The molecule has 4 amide bonds. The third kappa shape index (κ3) is 30.2. The van der Waals surface area contributed by atoms with Gasteiger partial charge in [0.15, 0.2) is 0 Å². The molecule has 0 unspecified atom stereocenters. The van der Waals surface area contributed by atoms with Crippen molar-refractivity contribution < 1.29 is 68.2 Å². The van der Waals surface area contributed by atoms with Gasteiger partial charge in [0.05, 0.1) is 31.6 Å². The SMILES string of the molecule is CCc1cc(Br)ccn1.COC(=O)c1cc(Br)ccn1.O=CCCc1cc(Br)ccn1.O=CN(C=O)Cc1cc(Br)ccn1.O=C[N-]C=O.OCc1cc(Br)ccn1.[Na+]. The number of aldehydes is 1. The van der Waals surface area contributed by atoms with Crippen LogP contribution in [-0.4, -0.2) is 79.9 Å². The second-order valence-corrected chi connectivity index (χ2v) is 14.8. The zero-order chi connectivity index (χ0) is 43.6. The molecule has 5 rings (SSSR count). The molecule has 21 heteroatoms. The maximum atomic E-state index is 10.9. The average Bonchev–Trinajstić information content (AvgIpc) is 3.23. The van der Waals surface area contributed by atoms with Gasteiger partial charge >= 0.3 is 35.5 Å². The van der Waals surface area contributed by atoms with Crippen LogP contribution in [0.15, 0.2) is 114 Å². The van der Waals surface area contributed by atoms with Gasteiger partial charge in [-0.2, -0.15) is 0 Å². The van der Waals surface area contributed by atoms with Gasteiger partial charge in [0.25, 0.3) is 0 Å². The number of esters is 1. The number of aliphatic hydroxyl groups excluding tert-OH is 1. The summed E-state index contributed by atoms with van der Waals surface area (Å²) < 4.78 is 9.21. The fraction of sp³-hybridized carbons (Fsp3) is 0.184. The minimum atomic E-state index is -0.425. The summed E-state index contributed by atoms with van der Waals surface area (Å²) in [7, 11) is 1.32. The summed E-state index contributed by atoms with van der Waals surface area (Å²) in [5, 5.41) is 11.2. The Hall–Kier alpha value is -3.47. The van der Waals surface area contributed by atoms with E-state index in [1.54, 1.807) is 48.9 Å². The first-order valence-corrected chi connectivity index (χ1v) is 20.3.